The van der Waals surface area contributed by atoms with Gasteiger partial charge in [-0.05, 0) is 76.9 Å². The normalized spacial score (nSPS) is 13.7. The number of carbonyl (C=O) groups excluding carboxylic acids is 5. The molecule has 4 heterocycles. The number of aliphatic carboxylic acids is 5. The molecule has 31 nitrogen and oxygen atoms in total. The molecular formula is C51H83N13O18. The molecule has 5 rings (SSSR count). The summed E-state index contributed by atoms with van der Waals surface area (Å²) >= 11 is 0. The third-order valence-electron chi connectivity index (χ3n) is 9.42. The molecule has 82 heavy (non-hydrogen) atoms. The molecule has 1 aromatic carbocycles. The van der Waals surface area contributed by atoms with Crippen LogP contribution < -0.4 is 38.5 Å². The first-order valence-corrected chi connectivity index (χ1v) is 25.1. The highest BCUT2D eigenvalue weighted by molar-refractivity contribution is 6.32. The topological polar surface area (TPSA) is 503 Å². The minimum absolute atomic E-state index is 0.0787. The third kappa shape index (κ3) is 45.5. The van der Waals surface area contributed by atoms with Gasteiger partial charge in [0.05, 0.1) is 67.5 Å². The van der Waals surface area contributed by atoms with Crippen LogP contribution in [0.25, 0.3) is 11.2 Å². The second-order valence-corrected chi connectivity index (χ2v) is 19.4. The van der Waals surface area contributed by atoms with Crippen molar-refractivity contribution >= 4 is 64.7 Å². The maximum atomic E-state index is 11.3. The number of likely N-dealkylation sites (N-methyl/N-ethyl adjacent to an activating group) is 1. The number of pyridine rings is 1. The molecule has 0 radical (unpaired) electrons. The van der Waals surface area contributed by atoms with Gasteiger partial charge in [0.25, 0.3) is 11.5 Å². The summed E-state index contributed by atoms with van der Waals surface area (Å²) < 4.78 is 5.23. The van der Waals surface area contributed by atoms with Crippen LogP contribution in [-0.2, 0) is 38.3 Å². The number of rotatable bonds is 19. The third-order valence-corrected chi connectivity index (χ3v) is 9.42. The average molecular weight is 1170 g/mol. The van der Waals surface area contributed by atoms with E-state index >= 15 is 0 Å². The zero-order valence-electron chi connectivity index (χ0n) is 48.0. The Balaban J connectivity index is -0.000000891. The van der Waals surface area contributed by atoms with Gasteiger partial charge < -0.3 is 92.3 Å². The van der Waals surface area contributed by atoms with Crippen molar-refractivity contribution in [3.63, 3.8) is 0 Å². The van der Waals surface area contributed by atoms with Crippen molar-refractivity contribution in [1.29, 1.82) is 0 Å². The molecule has 0 saturated carbocycles. The number of aliphatic hydroxyl groups is 1. The highest BCUT2D eigenvalue weighted by Crippen LogP contribution is 2.29. The Labute approximate surface area is 474 Å². The Morgan fingerprint density at radius 1 is 0.866 bits per heavy atom. The standard InChI is InChI=1S/C11H21NO5.C10H14N2.C9H9NO3.C6H13N3O3.C5H4N4O.C4H6O3.C3H7NO2.C3H9NO/c1-8(13)5-11(16)17-9(6-10(14)15)7-12(2,3)4;1-12-7-3-5-10(12)9-4-2-6-11-8-9;11-8(12)6-10-9(13)7-4-2-1-3-5-7;7-4(5(10)11)2-1-3-9-6(8)12;10-5-3-4(7-1-6-3)8-2-9-5;1-2-3(5)4(6)7;1-2(4)3(5)6;1-4(2,3)5/h8-9,13H,5-7H2,1-4H3;2,4,6,8,10H,3,5,7H2,1H3;1-5H,6H2,(H,10,13)(H,11,12);4H,1-3,7H2,(H,10,11)(H3,8,9,12);1-2H,(H2,6,7,8,9,10);2H2,1H3,(H,6,7);2H,4H2,1H3,(H,5,6);1-3H3. The Kier molecular flexibility index (Phi) is 40.4. The monoisotopic (exact) mass is 1170 g/mol. The quantitative estimate of drug-likeness (QED) is 0.0176. The lowest BCUT2D eigenvalue weighted by atomic mass is 10.1. The smallest absolute Gasteiger partial charge is 0.372 e. The van der Waals surface area contributed by atoms with Crippen LogP contribution >= 0.6 is 0 Å². The van der Waals surface area contributed by atoms with Crippen molar-refractivity contribution in [3.8, 4) is 0 Å². The Morgan fingerprint density at radius 2 is 1.43 bits per heavy atom. The van der Waals surface area contributed by atoms with E-state index in [4.69, 9.17) is 47.5 Å². The first-order valence-electron chi connectivity index (χ1n) is 25.1. The number of nitrogens with one attached hydrogen (secondary N) is 4. The van der Waals surface area contributed by atoms with E-state index in [0.29, 0.717) is 53.2 Å². The maximum Gasteiger partial charge on any atom is 0.372 e. The number of quaternary nitrogens is 2. The van der Waals surface area contributed by atoms with E-state index in [2.05, 4.69) is 53.6 Å². The molecule has 0 spiro atoms. The van der Waals surface area contributed by atoms with Crippen molar-refractivity contribution in [3.05, 3.63) is 94.2 Å². The summed E-state index contributed by atoms with van der Waals surface area (Å²) in [5, 5.41) is 66.5. The van der Waals surface area contributed by atoms with Gasteiger partial charge in [0.2, 0.25) is 5.78 Å². The van der Waals surface area contributed by atoms with E-state index in [1.165, 1.54) is 58.4 Å². The van der Waals surface area contributed by atoms with Gasteiger partial charge in [-0.3, -0.25) is 43.4 Å². The van der Waals surface area contributed by atoms with Gasteiger partial charge >= 0.3 is 35.9 Å². The Bertz CT molecular complexity index is 2570. The molecule has 3 aromatic heterocycles. The summed E-state index contributed by atoms with van der Waals surface area (Å²) in [6, 6.07) is 11.1. The summed E-state index contributed by atoms with van der Waals surface area (Å²) in [5.74, 6) is -7.35. The molecule has 3 amide bonds. The van der Waals surface area contributed by atoms with Crippen LogP contribution in [0.3, 0.4) is 0 Å². The Hall–Kier alpha value is -8.33. The fraction of sp³-hybridized carbons (Fsp3) is 0.510. The predicted molar refractivity (Wildman–Crippen MR) is 297 cm³/mol. The van der Waals surface area contributed by atoms with E-state index in [1.807, 2.05) is 39.6 Å². The van der Waals surface area contributed by atoms with Crippen LogP contribution in [0.1, 0.15) is 87.7 Å². The van der Waals surface area contributed by atoms with Gasteiger partial charge in [0, 0.05) is 49.4 Å². The van der Waals surface area contributed by atoms with Gasteiger partial charge in [-0.15, -0.1) is 0 Å². The predicted octanol–water partition coefficient (Wildman–Crippen LogP) is -0.984. The molecule has 4 aromatic rings. The van der Waals surface area contributed by atoms with Gasteiger partial charge in [-0.1, -0.05) is 31.2 Å². The Morgan fingerprint density at radius 3 is 1.82 bits per heavy atom. The second-order valence-electron chi connectivity index (χ2n) is 19.4. The first-order chi connectivity index (χ1) is 37.9. The summed E-state index contributed by atoms with van der Waals surface area (Å²) in [6.45, 7) is 6.00. The molecule has 5 unspecified atom stereocenters. The minimum atomic E-state index is -1.34. The van der Waals surface area contributed by atoms with Gasteiger partial charge in [-0.25, -0.2) is 19.6 Å². The number of amides is 3. The number of carbonyl (C=O) groups is 9. The lowest BCUT2D eigenvalue weighted by molar-refractivity contribution is -0.873. The van der Waals surface area contributed by atoms with Crippen LogP contribution in [0.5, 0.6) is 0 Å². The van der Waals surface area contributed by atoms with Crippen molar-refractivity contribution in [2.75, 3.05) is 75.5 Å². The van der Waals surface area contributed by atoms with Crippen LogP contribution in [-0.4, -0.2) is 218 Å². The molecular weight excluding hydrogens is 1080 g/mol. The van der Waals surface area contributed by atoms with Crippen molar-refractivity contribution in [2.45, 2.75) is 96.1 Å². The minimum Gasteiger partial charge on any atom is -0.633 e. The highest BCUT2D eigenvalue weighted by Gasteiger charge is 2.24. The van der Waals surface area contributed by atoms with Gasteiger partial charge in [0.15, 0.2) is 17.3 Å². The molecule has 0 bridgehead atoms. The zero-order valence-corrected chi connectivity index (χ0v) is 48.0. The number of carboxylic acids is 5. The summed E-state index contributed by atoms with van der Waals surface area (Å²) in [7, 11) is 12.5. The van der Waals surface area contributed by atoms with Crippen LogP contribution in [0.4, 0.5) is 4.79 Å². The van der Waals surface area contributed by atoms with Crippen molar-refractivity contribution < 1.29 is 87.7 Å². The number of hydroxylamine groups is 3. The molecule has 1 fully saturated rings. The number of Topliss-reactive ketones (excluding diaryl/α,β-unsaturated/α-hetero) is 1. The van der Waals surface area contributed by atoms with E-state index in [-0.39, 0.29) is 41.9 Å². The number of aromatic amines is 2. The summed E-state index contributed by atoms with van der Waals surface area (Å²) in [5.41, 5.74) is 17.3. The maximum absolute atomic E-state index is 11.3. The van der Waals surface area contributed by atoms with E-state index in [1.54, 1.807) is 51.5 Å². The number of primary amides is 1. The number of ketones is 1. The number of hydrogen-bond acceptors (Lipinski definition) is 20. The number of benzene rings is 1. The number of urea groups is 1. The molecule has 1 aliphatic heterocycles. The number of aliphatic hydroxyl groups excluding tert-OH is 1. The SMILES string of the molecule is CC(N)C(=O)O.CC(O)CC(=O)OC(CC(=O)[O-])C[N+](C)(C)C.CCC(=O)C(=O)O.CN1CCCC1c1cccnc1.C[N+](C)(C)[O-].NC(=O)NCCCC(N)C(=O)O.O=C(O)CNC(=O)c1ccccc1.O=c1[nH]cnc2nc[nH]c12. The highest BCUT2D eigenvalue weighted by atomic mass is 16.5. The fourth-order valence-corrected chi connectivity index (χ4v) is 5.75. The molecule has 1 aliphatic rings. The van der Waals surface area contributed by atoms with Crippen LogP contribution in [0, 0.1) is 5.21 Å². The average Bonchev–Trinajstić information content (AvgIpc) is 4.08. The van der Waals surface area contributed by atoms with E-state index in [0.717, 1.165) is 0 Å². The molecule has 5 atom stereocenters. The molecule has 15 N–H and O–H groups in total. The number of carboxylic acid groups (broad SMARTS) is 5. The van der Waals surface area contributed by atoms with Crippen molar-refractivity contribution in [2.24, 2.45) is 17.2 Å². The summed E-state index contributed by atoms with van der Waals surface area (Å²) in [4.78, 5) is 123. The number of nitrogens with zero attached hydrogens (tertiary/aromatic N) is 6. The zero-order chi connectivity index (χ0) is 63.8. The molecule has 0 aliphatic carbocycles. The lowest BCUT2D eigenvalue weighted by Crippen LogP contribution is -2.45. The molecule has 1 saturated heterocycles. The number of nitrogens with two attached hydrogens (primary N) is 3. The van der Waals surface area contributed by atoms with Crippen LogP contribution in [0.15, 0.2) is 72.3 Å². The summed E-state index contributed by atoms with van der Waals surface area (Å²) in [6.07, 6.45) is 8.09. The number of ether oxygens (including phenoxy) is 1. The van der Waals surface area contributed by atoms with Gasteiger partial charge in [-0.2, -0.15) is 0 Å². The number of hydrogen-bond donors (Lipinski definition) is 12. The fourth-order valence-electron chi connectivity index (χ4n) is 5.75. The number of likely N-dealkylation sites (tertiary alicyclic amines) is 1. The number of esters is 1. The van der Waals surface area contributed by atoms with E-state index in [9.17, 15) is 58.3 Å². The van der Waals surface area contributed by atoms with Crippen LogP contribution in [0.2, 0.25) is 0 Å². The number of aromatic nitrogens is 5. The van der Waals surface area contributed by atoms with Crippen molar-refractivity contribution in [1.82, 2.24) is 40.5 Å². The lowest BCUT2D eigenvalue weighted by Gasteiger charge is -2.29. The second kappa shape index (κ2) is 42.5. The first kappa shape index (κ1) is 77.9. The number of imidazole rings is 1. The largest absolute Gasteiger partial charge is 0.633 e. The number of fused-ring (bicyclic) bond motifs is 1. The molecule has 31 heteroatoms. The van der Waals surface area contributed by atoms with Gasteiger partial charge in [0.1, 0.15) is 25.2 Å². The number of H-pyrrole nitrogens is 2. The van der Waals surface area contributed by atoms with E-state index < -0.39 is 71.9 Å². The molecule has 460 valence electrons.